The van der Waals surface area contributed by atoms with Crippen molar-refractivity contribution < 1.29 is 153 Å². The minimum atomic E-state index is 0. The molecule has 2 aromatic rings. The van der Waals surface area contributed by atoms with E-state index in [9.17, 15) is 0 Å². The smallest absolute Gasteiger partial charge is 2.00 e. The molecule has 0 unspecified atom stereocenters. The van der Waals surface area contributed by atoms with Crippen molar-refractivity contribution >= 4 is 91.0 Å². The van der Waals surface area contributed by atoms with E-state index < -0.39 is 0 Å². The van der Waals surface area contributed by atoms with Crippen molar-refractivity contribution in [3.8, 4) is 11.5 Å². The summed E-state index contributed by atoms with van der Waals surface area (Å²) in [5, 5.41) is 0. The Morgan fingerprint density at radius 1 is 0.485 bits per heavy atom. The number of ether oxygens (including phenoxy) is 2. The Bertz CT molecular complexity index is 577. The number of benzene rings is 2. The van der Waals surface area contributed by atoms with E-state index in [2.05, 4.69) is 12.1 Å². The van der Waals surface area contributed by atoms with Gasteiger partial charge in [0.05, 0.1) is 12.5 Å². The molecule has 0 aromatic heterocycles. The summed E-state index contributed by atoms with van der Waals surface area (Å²) in [5.41, 5.74) is 2.54. The third-order valence-electron chi connectivity index (χ3n) is 3.20. The monoisotopic (exact) mass is 940 g/mol. The molecule has 9 nitrogen and oxygen atoms in total. The zero-order valence-electron chi connectivity index (χ0n) is 17.3. The van der Waals surface area contributed by atoms with Crippen LogP contribution in [0.4, 0.5) is 0 Å². The van der Waals surface area contributed by atoms with Gasteiger partial charge in [-0.3, -0.25) is 0 Å². The van der Waals surface area contributed by atoms with Gasteiger partial charge < -0.3 is 47.8 Å². The Morgan fingerprint density at radius 3 is 1.03 bits per heavy atom. The number of allylic oxidation sites excluding steroid dienone is 2. The maximum atomic E-state index is 5.24. The van der Waals surface area contributed by atoms with Crippen LogP contribution in [-0.4, -0.2) is 91.0 Å². The number of fused-ring (bicyclic) bond motifs is 2. The molecule has 0 N–H and O–H groups in total. The van der Waals surface area contributed by atoms with Crippen LogP contribution in [0, 0.1) is 71.2 Å². The third kappa shape index (κ3) is 25.7. The van der Waals surface area contributed by atoms with E-state index in [1.54, 1.807) is 12.5 Å². The SMILES string of the molecule is C1=COc2ccccc2C1.C1=COc2ccccc2C1.[La+3].[La+3].[Mn+2].[Mn+2].[O-2].[O-2].[O-2].[O-2].[O-2].[O-2].[O-2].[Sr+2].[Sr+2]. The van der Waals surface area contributed by atoms with Gasteiger partial charge >= 0.3 is 196 Å². The van der Waals surface area contributed by atoms with Crippen LogP contribution in [0.2, 0.25) is 0 Å². The summed E-state index contributed by atoms with van der Waals surface area (Å²) in [6.45, 7) is 0. The molecule has 4 rings (SSSR count). The first-order valence-corrected chi connectivity index (χ1v) is 6.72. The zero-order valence-corrected chi connectivity index (χ0v) is 33.9. The average Bonchev–Trinajstić information content (AvgIpc) is 2.56. The average molecular weight is 939 g/mol. The Labute approximate surface area is 345 Å². The minimum Gasteiger partial charge on any atom is -2.00 e. The van der Waals surface area contributed by atoms with Gasteiger partial charge in [0.1, 0.15) is 11.5 Å². The molecule has 0 fully saturated rings. The van der Waals surface area contributed by atoms with Crippen LogP contribution in [0.25, 0.3) is 0 Å². The molecule has 0 aliphatic carbocycles. The van der Waals surface area contributed by atoms with Gasteiger partial charge in [-0.1, -0.05) is 36.4 Å². The molecule has 2 aliphatic heterocycles. The molecule has 166 valence electrons. The fourth-order valence-electron chi connectivity index (χ4n) is 2.17. The molecule has 0 spiro atoms. The van der Waals surface area contributed by atoms with Gasteiger partial charge in [-0.25, -0.2) is 0 Å². The van der Waals surface area contributed by atoms with Crippen molar-refractivity contribution in [2.24, 2.45) is 0 Å². The summed E-state index contributed by atoms with van der Waals surface area (Å²) in [6.07, 6.45) is 9.50. The molecule has 2 radical (unpaired) electrons. The van der Waals surface area contributed by atoms with Crippen LogP contribution in [0.1, 0.15) is 11.1 Å². The van der Waals surface area contributed by atoms with Crippen molar-refractivity contribution in [1.82, 2.24) is 0 Å². The largest absolute Gasteiger partial charge is 3.00 e. The number of hydrogen-bond donors (Lipinski definition) is 0. The van der Waals surface area contributed by atoms with E-state index >= 15 is 0 Å². The van der Waals surface area contributed by atoms with Crippen LogP contribution in [0.15, 0.2) is 73.2 Å². The van der Waals surface area contributed by atoms with Gasteiger partial charge in [0.25, 0.3) is 0 Å². The van der Waals surface area contributed by atoms with Crippen LogP contribution in [0.3, 0.4) is 0 Å². The van der Waals surface area contributed by atoms with Gasteiger partial charge in [0, 0.05) is 0 Å². The number of rotatable bonds is 0. The van der Waals surface area contributed by atoms with Crippen molar-refractivity contribution in [3.05, 3.63) is 84.3 Å². The van der Waals surface area contributed by atoms with Gasteiger partial charge in [-0.15, -0.1) is 0 Å². The zero-order chi connectivity index (χ0) is 13.6. The van der Waals surface area contributed by atoms with Gasteiger partial charge in [-0.05, 0) is 48.3 Å². The predicted molar refractivity (Wildman–Crippen MR) is 96.1 cm³/mol. The molecule has 33 heavy (non-hydrogen) atoms. The minimum absolute atomic E-state index is 0. The molecular formula is C18H16La2Mn2O9Sr2. The van der Waals surface area contributed by atoms with Gasteiger partial charge in [0.15, 0.2) is 0 Å². The predicted octanol–water partition coefficient (Wildman–Crippen LogP) is 2.67. The Balaban J connectivity index is -0.0000000234. The molecule has 0 bridgehead atoms. The van der Waals surface area contributed by atoms with Crippen LogP contribution in [0.5, 0.6) is 11.5 Å². The molecule has 0 atom stereocenters. The molecule has 15 heteroatoms. The first-order chi connectivity index (χ1) is 9.93. The Hall–Kier alpha value is 3.63. The summed E-state index contributed by atoms with van der Waals surface area (Å²) in [6, 6.07) is 16.2. The maximum absolute atomic E-state index is 5.24. The van der Waals surface area contributed by atoms with Crippen molar-refractivity contribution in [2.75, 3.05) is 0 Å². The van der Waals surface area contributed by atoms with E-state index in [1.807, 2.05) is 48.6 Å². The standard InChI is InChI=1S/2C9H8O.2La.2Mn.7O.2Sr/c2*1-2-6-9-8(4-1)5-3-7-10-9;;;;;;;;;;;;;/h2*1-4,6-7H,5H2;;;;;;;;;;;;;/q;;2*+3;2*+2;7*-2;2*+2. The topological polar surface area (TPSA) is 218 Å². The van der Waals surface area contributed by atoms with E-state index in [4.69, 9.17) is 9.47 Å². The molecule has 0 saturated carbocycles. The van der Waals surface area contributed by atoms with Gasteiger partial charge in [-0.2, -0.15) is 0 Å². The number of para-hydroxylation sites is 2. The summed E-state index contributed by atoms with van der Waals surface area (Å²) in [4.78, 5) is 0. The normalized spacial score (nSPS) is 8.48. The summed E-state index contributed by atoms with van der Waals surface area (Å²) in [5.74, 6) is 1.98. The van der Waals surface area contributed by atoms with Crippen LogP contribution >= 0.6 is 0 Å². The van der Waals surface area contributed by atoms with Crippen molar-refractivity contribution in [1.29, 1.82) is 0 Å². The molecule has 2 heterocycles. The second-order valence-electron chi connectivity index (χ2n) is 4.60. The van der Waals surface area contributed by atoms with E-state index in [-0.39, 0.29) is 235 Å². The molecular weight excluding hydrogens is 923 g/mol. The first-order valence-electron chi connectivity index (χ1n) is 6.72. The van der Waals surface area contributed by atoms with Crippen molar-refractivity contribution in [2.45, 2.75) is 12.8 Å². The molecule has 0 saturated heterocycles. The summed E-state index contributed by atoms with van der Waals surface area (Å²) < 4.78 is 10.5. The van der Waals surface area contributed by atoms with Crippen LogP contribution < -0.4 is 9.47 Å². The van der Waals surface area contributed by atoms with E-state index in [0.717, 1.165) is 24.3 Å². The fraction of sp³-hybridized carbons (Fsp3) is 0.111. The van der Waals surface area contributed by atoms with Crippen LogP contribution in [-0.2, 0) is 85.3 Å². The molecule has 2 aromatic carbocycles. The third-order valence-corrected chi connectivity index (χ3v) is 3.20. The summed E-state index contributed by atoms with van der Waals surface area (Å²) >= 11 is 0. The molecule has 2 aliphatic rings. The Morgan fingerprint density at radius 2 is 0.758 bits per heavy atom. The first kappa shape index (κ1) is 70.8. The number of hydrogen-bond acceptors (Lipinski definition) is 2. The van der Waals surface area contributed by atoms with Crippen molar-refractivity contribution in [3.63, 3.8) is 0 Å². The second kappa shape index (κ2) is 42.7. The summed E-state index contributed by atoms with van der Waals surface area (Å²) in [7, 11) is 0. The maximum Gasteiger partial charge on any atom is 3.00 e. The fourth-order valence-corrected chi connectivity index (χ4v) is 2.17. The van der Waals surface area contributed by atoms with E-state index in [0.29, 0.717) is 0 Å². The van der Waals surface area contributed by atoms with E-state index in [1.165, 1.54) is 11.1 Å². The quantitative estimate of drug-likeness (QED) is 0.364. The Kier molecular flexibility index (Phi) is 91.6. The second-order valence-corrected chi connectivity index (χ2v) is 4.60. The molecule has 0 amide bonds. The van der Waals surface area contributed by atoms with Gasteiger partial charge in [0.2, 0.25) is 0 Å².